The maximum absolute atomic E-state index is 13.0. The molecule has 6 heteroatoms. The van der Waals surface area contributed by atoms with Gasteiger partial charge in [-0.15, -0.1) is 0 Å². The zero-order valence-electron chi connectivity index (χ0n) is 16.0. The van der Waals surface area contributed by atoms with Gasteiger partial charge in [0.05, 0.1) is 17.5 Å². The van der Waals surface area contributed by atoms with E-state index in [-0.39, 0.29) is 12.3 Å². The molecule has 1 aliphatic rings. The first-order valence-corrected chi connectivity index (χ1v) is 9.19. The van der Waals surface area contributed by atoms with Gasteiger partial charge in [0, 0.05) is 30.3 Å². The Morgan fingerprint density at radius 3 is 2.52 bits per heavy atom. The predicted molar refractivity (Wildman–Crippen MR) is 102 cm³/mol. The van der Waals surface area contributed by atoms with Crippen LogP contribution in [-0.4, -0.2) is 40.3 Å². The van der Waals surface area contributed by atoms with Crippen LogP contribution in [-0.2, 0) is 9.53 Å². The van der Waals surface area contributed by atoms with E-state index in [0.29, 0.717) is 31.6 Å². The molecule has 2 heterocycles. The minimum absolute atomic E-state index is 0.0985. The molecule has 2 aromatic rings. The van der Waals surface area contributed by atoms with Gasteiger partial charge >= 0.3 is 5.97 Å². The zero-order valence-corrected chi connectivity index (χ0v) is 16.0. The Bertz CT molecular complexity index is 863. The van der Waals surface area contributed by atoms with Crippen LogP contribution >= 0.6 is 0 Å². The highest BCUT2D eigenvalue weighted by atomic mass is 16.5. The van der Waals surface area contributed by atoms with Gasteiger partial charge in [-0.2, -0.15) is 0 Å². The summed E-state index contributed by atoms with van der Waals surface area (Å²) in [7, 11) is 0. The summed E-state index contributed by atoms with van der Waals surface area (Å²) in [5.74, 6) is -1.15. The number of carboxylic acid groups (broad SMARTS) is 1. The van der Waals surface area contributed by atoms with Crippen molar-refractivity contribution < 1.29 is 19.4 Å². The number of hydrogen-bond donors (Lipinski definition) is 2. The Balaban J connectivity index is 1.91. The van der Waals surface area contributed by atoms with Crippen LogP contribution in [0.25, 0.3) is 5.69 Å². The van der Waals surface area contributed by atoms with E-state index in [1.807, 2.05) is 45.0 Å². The molecule has 2 N–H and O–H groups in total. The lowest BCUT2D eigenvalue weighted by Gasteiger charge is -2.36. The highest BCUT2D eigenvalue weighted by molar-refractivity contribution is 5.96. The summed E-state index contributed by atoms with van der Waals surface area (Å²) >= 11 is 0. The molecule has 0 radical (unpaired) electrons. The summed E-state index contributed by atoms with van der Waals surface area (Å²) in [5.41, 5.74) is 3.78. The molecule has 0 unspecified atom stereocenters. The van der Waals surface area contributed by atoms with Crippen molar-refractivity contribution in [3.8, 4) is 5.69 Å². The molecule has 0 aliphatic carbocycles. The first kappa shape index (κ1) is 19.2. The highest BCUT2D eigenvalue weighted by Crippen LogP contribution is 2.27. The minimum Gasteiger partial charge on any atom is -0.481 e. The second-order valence-corrected chi connectivity index (χ2v) is 7.38. The number of rotatable bonds is 5. The van der Waals surface area contributed by atoms with Crippen LogP contribution in [0.5, 0.6) is 0 Å². The first-order valence-electron chi connectivity index (χ1n) is 9.19. The van der Waals surface area contributed by atoms with Gasteiger partial charge in [-0.05, 0) is 57.4 Å². The summed E-state index contributed by atoms with van der Waals surface area (Å²) in [6.45, 7) is 6.82. The Morgan fingerprint density at radius 2 is 1.89 bits per heavy atom. The fraction of sp³-hybridized carbons (Fsp3) is 0.429. The smallest absolute Gasteiger partial charge is 0.305 e. The number of amides is 1. The van der Waals surface area contributed by atoms with Crippen LogP contribution in [0.2, 0.25) is 0 Å². The molecule has 6 nitrogen and oxygen atoms in total. The van der Waals surface area contributed by atoms with Gasteiger partial charge in [0.1, 0.15) is 0 Å². The number of carboxylic acids is 1. The maximum Gasteiger partial charge on any atom is 0.305 e. The van der Waals surface area contributed by atoms with E-state index in [1.54, 1.807) is 0 Å². The molecule has 1 fully saturated rings. The van der Waals surface area contributed by atoms with E-state index in [1.165, 1.54) is 0 Å². The molecular weight excluding hydrogens is 344 g/mol. The lowest BCUT2D eigenvalue weighted by atomic mass is 9.86. The summed E-state index contributed by atoms with van der Waals surface area (Å²) in [4.78, 5) is 24.4. The van der Waals surface area contributed by atoms with Gasteiger partial charge in [0.2, 0.25) is 0 Å². The van der Waals surface area contributed by atoms with E-state index in [9.17, 15) is 14.7 Å². The number of carbonyl (C=O) groups excluding carboxylic acids is 1. The fourth-order valence-electron chi connectivity index (χ4n) is 3.86. The van der Waals surface area contributed by atoms with Crippen molar-refractivity contribution in [1.82, 2.24) is 9.88 Å². The van der Waals surface area contributed by atoms with E-state index in [4.69, 9.17) is 4.74 Å². The van der Waals surface area contributed by atoms with Crippen LogP contribution in [0.1, 0.15) is 46.6 Å². The Morgan fingerprint density at radius 1 is 1.19 bits per heavy atom. The SMILES string of the molecule is Cc1cccc(-n2c(C)cc(C(=O)NC3(CC(=O)O)CCOCC3)c2C)c1. The summed E-state index contributed by atoms with van der Waals surface area (Å²) in [5, 5.41) is 12.3. The lowest BCUT2D eigenvalue weighted by Crippen LogP contribution is -2.53. The summed E-state index contributed by atoms with van der Waals surface area (Å²) in [6, 6.07) is 9.98. The molecule has 1 aromatic heterocycles. The third kappa shape index (κ3) is 4.06. The summed E-state index contributed by atoms with van der Waals surface area (Å²) in [6.07, 6.45) is 0.905. The van der Waals surface area contributed by atoms with Crippen LogP contribution in [0.3, 0.4) is 0 Å². The second-order valence-electron chi connectivity index (χ2n) is 7.38. The first-order chi connectivity index (χ1) is 12.8. The minimum atomic E-state index is -0.914. The van der Waals surface area contributed by atoms with Crippen molar-refractivity contribution >= 4 is 11.9 Å². The van der Waals surface area contributed by atoms with Gasteiger partial charge in [0.15, 0.2) is 0 Å². The average molecular weight is 370 g/mol. The van der Waals surface area contributed by atoms with Gasteiger partial charge in [-0.1, -0.05) is 12.1 Å². The monoisotopic (exact) mass is 370 g/mol. The van der Waals surface area contributed by atoms with Gasteiger partial charge < -0.3 is 19.7 Å². The number of nitrogens with zero attached hydrogens (tertiary/aromatic N) is 1. The van der Waals surface area contributed by atoms with Crippen molar-refractivity contribution in [1.29, 1.82) is 0 Å². The van der Waals surface area contributed by atoms with E-state index in [2.05, 4.69) is 16.0 Å². The van der Waals surface area contributed by atoms with Crippen LogP contribution in [0.4, 0.5) is 0 Å². The zero-order chi connectivity index (χ0) is 19.6. The number of aliphatic carboxylic acids is 1. The molecule has 1 saturated heterocycles. The Labute approximate surface area is 159 Å². The number of nitrogens with one attached hydrogen (secondary N) is 1. The molecule has 3 rings (SSSR count). The van der Waals surface area contributed by atoms with E-state index < -0.39 is 11.5 Å². The van der Waals surface area contributed by atoms with Crippen LogP contribution in [0.15, 0.2) is 30.3 Å². The van der Waals surface area contributed by atoms with Gasteiger partial charge in [0.25, 0.3) is 5.91 Å². The van der Waals surface area contributed by atoms with Crippen molar-refractivity contribution in [3.05, 3.63) is 52.8 Å². The average Bonchev–Trinajstić information content (AvgIpc) is 2.89. The Kier molecular flexibility index (Phi) is 5.37. The lowest BCUT2D eigenvalue weighted by molar-refractivity contribution is -0.139. The van der Waals surface area contributed by atoms with E-state index in [0.717, 1.165) is 22.6 Å². The number of aryl methyl sites for hydroxylation is 2. The maximum atomic E-state index is 13.0. The number of aromatic nitrogens is 1. The van der Waals surface area contributed by atoms with Crippen molar-refractivity contribution in [2.24, 2.45) is 0 Å². The van der Waals surface area contributed by atoms with Crippen molar-refractivity contribution in [3.63, 3.8) is 0 Å². The molecule has 1 aliphatic heterocycles. The molecule has 1 amide bonds. The number of benzene rings is 1. The van der Waals surface area contributed by atoms with Crippen molar-refractivity contribution in [2.45, 2.75) is 45.6 Å². The molecule has 0 bridgehead atoms. The fourth-order valence-corrected chi connectivity index (χ4v) is 3.86. The molecule has 0 spiro atoms. The van der Waals surface area contributed by atoms with Crippen LogP contribution < -0.4 is 5.32 Å². The third-order valence-corrected chi connectivity index (χ3v) is 5.25. The molecule has 1 aromatic carbocycles. The quantitative estimate of drug-likeness (QED) is 0.847. The molecule has 27 heavy (non-hydrogen) atoms. The predicted octanol–water partition coefficient (Wildman–Crippen LogP) is 3.16. The Hall–Kier alpha value is -2.60. The van der Waals surface area contributed by atoms with E-state index >= 15 is 0 Å². The second kappa shape index (κ2) is 7.56. The molecule has 0 atom stereocenters. The molecule has 144 valence electrons. The normalized spacial score (nSPS) is 16.1. The number of ether oxygens (including phenoxy) is 1. The van der Waals surface area contributed by atoms with Gasteiger partial charge in [-0.3, -0.25) is 9.59 Å². The van der Waals surface area contributed by atoms with Crippen molar-refractivity contribution in [2.75, 3.05) is 13.2 Å². The number of hydrogen-bond acceptors (Lipinski definition) is 3. The number of carbonyl (C=O) groups is 2. The largest absolute Gasteiger partial charge is 0.481 e. The van der Waals surface area contributed by atoms with Crippen LogP contribution in [0, 0.1) is 20.8 Å². The topological polar surface area (TPSA) is 80.6 Å². The standard InChI is InChI=1S/C21H26N2O4/c1-14-5-4-6-17(11-14)23-15(2)12-18(16(23)3)20(26)22-21(13-19(24)25)7-9-27-10-8-21/h4-6,11-12H,7-10,13H2,1-3H3,(H,22,26)(H,24,25). The molecular formula is C21H26N2O4. The van der Waals surface area contributed by atoms with Gasteiger partial charge in [-0.25, -0.2) is 0 Å². The third-order valence-electron chi connectivity index (χ3n) is 5.25. The highest BCUT2D eigenvalue weighted by Gasteiger charge is 2.37. The summed E-state index contributed by atoms with van der Waals surface area (Å²) < 4.78 is 7.41. The molecule has 0 saturated carbocycles.